The van der Waals surface area contributed by atoms with Gasteiger partial charge in [0.1, 0.15) is 12.6 Å². The quantitative estimate of drug-likeness (QED) is 0.0435. The van der Waals surface area contributed by atoms with Crippen LogP contribution in [0.3, 0.4) is 0 Å². The third kappa shape index (κ3) is 26.1. The van der Waals surface area contributed by atoms with Gasteiger partial charge in [-0.2, -0.15) is 0 Å². The zero-order chi connectivity index (χ0) is 31.5. The Balaban J connectivity index is 3.99. The first kappa shape index (κ1) is 40.5. The van der Waals surface area contributed by atoms with E-state index >= 15 is 0 Å². The number of rotatable bonds is 30. The number of carbonyl (C=O) groups excluding carboxylic acids is 2. The number of carboxylic acid groups (broad SMARTS) is 1. The lowest BCUT2D eigenvalue weighted by molar-refractivity contribution is -0.161. The van der Waals surface area contributed by atoms with Crippen molar-refractivity contribution in [3.05, 3.63) is 0 Å². The maximum atomic E-state index is 12.2. The molecule has 0 radical (unpaired) electrons. The number of esters is 2. The monoisotopic (exact) mass is 623 g/mol. The van der Waals surface area contributed by atoms with Crippen molar-refractivity contribution in [3.63, 3.8) is 0 Å². The molecule has 0 aliphatic rings. The van der Waals surface area contributed by atoms with Gasteiger partial charge in [-0.1, -0.05) is 117 Å². The van der Waals surface area contributed by atoms with Crippen molar-refractivity contribution in [1.82, 2.24) is 0 Å². The average molecular weight is 624 g/mol. The van der Waals surface area contributed by atoms with E-state index in [0.29, 0.717) is 12.8 Å². The zero-order valence-electron chi connectivity index (χ0n) is 26.1. The molecule has 1 unspecified atom stereocenters. The number of aliphatic carboxylic acids is 1. The number of phosphoric ester groups is 1. The van der Waals surface area contributed by atoms with Gasteiger partial charge in [0.05, 0.1) is 13.2 Å². The minimum Gasteiger partial charge on any atom is -0.480 e. The molecular formula is C30H58NO10P. The van der Waals surface area contributed by atoms with E-state index < -0.39 is 51.1 Å². The third-order valence-electron chi connectivity index (χ3n) is 6.82. The Labute approximate surface area is 253 Å². The van der Waals surface area contributed by atoms with Crippen LogP contribution < -0.4 is 5.73 Å². The van der Waals surface area contributed by atoms with E-state index in [2.05, 4.69) is 11.4 Å². The highest BCUT2D eigenvalue weighted by Crippen LogP contribution is 2.43. The molecule has 42 heavy (non-hydrogen) atoms. The van der Waals surface area contributed by atoms with Crippen LogP contribution in [0.15, 0.2) is 0 Å². The number of phosphoric acid groups is 1. The molecule has 3 atom stereocenters. The number of hydrogen-bond donors (Lipinski definition) is 3. The highest BCUT2D eigenvalue weighted by atomic mass is 31.2. The molecule has 0 spiro atoms. The number of hydrogen-bond acceptors (Lipinski definition) is 9. The van der Waals surface area contributed by atoms with Crippen molar-refractivity contribution in [1.29, 1.82) is 0 Å². The van der Waals surface area contributed by atoms with Crippen molar-refractivity contribution in [2.45, 2.75) is 154 Å². The van der Waals surface area contributed by atoms with E-state index in [-0.39, 0.29) is 19.4 Å². The van der Waals surface area contributed by atoms with Gasteiger partial charge in [-0.05, 0) is 12.8 Å². The van der Waals surface area contributed by atoms with Crippen LogP contribution in [0.4, 0.5) is 0 Å². The number of nitrogens with two attached hydrogens (primary N) is 1. The highest BCUT2D eigenvalue weighted by molar-refractivity contribution is 7.47. The van der Waals surface area contributed by atoms with E-state index in [1.807, 2.05) is 0 Å². The molecule has 0 fully saturated rings. The molecule has 0 aromatic carbocycles. The van der Waals surface area contributed by atoms with Gasteiger partial charge in [-0.3, -0.25) is 23.4 Å². The second-order valence-electron chi connectivity index (χ2n) is 11.0. The molecule has 0 aromatic heterocycles. The van der Waals surface area contributed by atoms with Crippen LogP contribution in [0.25, 0.3) is 0 Å². The lowest BCUT2D eigenvalue weighted by atomic mass is 10.0. The first-order valence-corrected chi connectivity index (χ1v) is 17.6. The third-order valence-corrected chi connectivity index (χ3v) is 7.78. The van der Waals surface area contributed by atoms with Crippen LogP contribution in [-0.2, 0) is 37.5 Å². The van der Waals surface area contributed by atoms with Crippen LogP contribution >= 0.6 is 7.82 Å². The second kappa shape index (κ2) is 27.1. The molecular weight excluding hydrogens is 565 g/mol. The number of unbranched alkanes of at least 4 members (excludes halogenated alkanes) is 16. The lowest BCUT2D eigenvalue weighted by Crippen LogP contribution is -2.34. The number of carbonyl (C=O) groups is 3. The molecule has 0 bridgehead atoms. The normalized spacial score (nSPS) is 14.2. The Kier molecular flexibility index (Phi) is 26.1. The summed E-state index contributed by atoms with van der Waals surface area (Å²) < 4.78 is 31.7. The Hall–Kier alpha value is -1.52. The van der Waals surface area contributed by atoms with E-state index in [4.69, 9.17) is 24.8 Å². The van der Waals surface area contributed by atoms with E-state index in [9.17, 15) is 23.8 Å². The Bertz CT molecular complexity index is 752. The summed E-state index contributed by atoms with van der Waals surface area (Å²) in [5.74, 6) is -2.44. The van der Waals surface area contributed by atoms with Crippen molar-refractivity contribution in [3.8, 4) is 0 Å². The molecule has 12 heteroatoms. The van der Waals surface area contributed by atoms with Crippen LogP contribution in [0.2, 0.25) is 0 Å². The minimum atomic E-state index is -4.67. The maximum Gasteiger partial charge on any atom is 0.472 e. The molecule has 0 aliphatic carbocycles. The van der Waals surface area contributed by atoms with Crippen LogP contribution in [0.5, 0.6) is 0 Å². The summed E-state index contributed by atoms with van der Waals surface area (Å²) in [7, 11) is -4.67. The largest absolute Gasteiger partial charge is 0.480 e. The van der Waals surface area contributed by atoms with Crippen molar-refractivity contribution >= 4 is 25.7 Å². The fourth-order valence-electron chi connectivity index (χ4n) is 4.28. The molecule has 0 aliphatic heterocycles. The lowest BCUT2D eigenvalue weighted by Gasteiger charge is -2.20. The summed E-state index contributed by atoms with van der Waals surface area (Å²) in [4.78, 5) is 44.5. The highest BCUT2D eigenvalue weighted by Gasteiger charge is 2.28. The van der Waals surface area contributed by atoms with E-state index in [1.54, 1.807) is 6.92 Å². The molecule has 0 rings (SSSR count). The molecule has 0 saturated carbocycles. The van der Waals surface area contributed by atoms with Gasteiger partial charge in [0.2, 0.25) is 0 Å². The van der Waals surface area contributed by atoms with E-state index in [0.717, 1.165) is 19.3 Å². The molecule has 0 aromatic rings. The Morgan fingerprint density at radius 1 is 0.643 bits per heavy atom. The fraction of sp³-hybridized carbons (Fsp3) is 0.900. The summed E-state index contributed by atoms with van der Waals surface area (Å²) in [6.45, 7) is 2.35. The topological polar surface area (TPSA) is 172 Å². The van der Waals surface area contributed by atoms with Gasteiger partial charge in [-0.25, -0.2) is 4.57 Å². The summed E-state index contributed by atoms with van der Waals surface area (Å²) >= 11 is 0. The van der Waals surface area contributed by atoms with Crippen molar-refractivity contribution in [2.24, 2.45) is 5.73 Å². The predicted molar refractivity (Wildman–Crippen MR) is 162 cm³/mol. The molecule has 0 heterocycles. The van der Waals surface area contributed by atoms with Crippen LogP contribution in [-0.4, -0.2) is 59.9 Å². The number of carboxylic acids is 1. The SMILES string of the molecule is CCCCCCCCCCCCCCCCCCCC(=O)OC[C@H](COP(=O)(O)OC[C@H](N)C(=O)O)OC(=O)CCC. The van der Waals surface area contributed by atoms with Gasteiger partial charge in [-0.15, -0.1) is 0 Å². The Morgan fingerprint density at radius 3 is 1.55 bits per heavy atom. The summed E-state index contributed by atoms with van der Waals surface area (Å²) in [6.07, 6.45) is 21.0. The van der Waals surface area contributed by atoms with E-state index in [1.165, 1.54) is 83.5 Å². The summed E-state index contributed by atoms with van der Waals surface area (Å²) in [6, 6.07) is -1.51. The Morgan fingerprint density at radius 2 is 1.10 bits per heavy atom. The van der Waals surface area contributed by atoms with Crippen LogP contribution in [0.1, 0.15) is 142 Å². The molecule has 0 amide bonds. The minimum absolute atomic E-state index is 0.116. The van der Waals surface area contributed by atoms with Gasteiger partial charge >= 0.3 is 25.7 Å². The second-order valence-corrected chi connectivity index (χ2v) is 12.4. The predicted octanol–water partition coefficient (Wildman–Crippen LogP) is 6.83. The summed E-state index contributed by atoms with van der Waals surface area (Å²) in [5.41, 5.74) is 5.24. The standard InChI is InChI=1S/C30H58NO10P/c1-3-5-6-7-8-9-10-11-12-13-14-15-16-17-18-19-20-22-28(32)38-23-26(41-29(33)21-4-2)24-39-42(36,37)40-25-27(31)30(34)35/h26-27H,3-25,31H2,1-2H3,(H,34,35)(H,36,37)/t26-,27+/m1/s1. The van der Waals surface area contributed by atoms with Gasteiger partial charge in [0.25, 0.3) is 0 Å². The number of ether oxygens (including phenoxy) is 2. The maximum absolute atomic E-state index is 12.2. The molecule has 0 saturated heterocycles. The van der Waals surface area contributed by atoms with Gasteiger partial charge in [0, 0.05) is 12.8 Å². The van der Waals surface area contributed by atoms with Crippen molar-refractivity contribution < 1.29 is 47.5 Å². The fourth-order valence-corrected chi connectivity index (χ4v) is 5.06. The van der Waals surface area contributed by atoms with Gasteiger partial charge < -0.3 is 25.2 Å². The zero-order valence-corrected chi connectivity index (χ0v) is 27.0. The van der Waals surface area contributed by atoms with Crippen LogP contribution in [0, 0.1) is 0 Å². The van der Waals surface area contributed by atoms with Gasteiger partial charge in [0.15, 0.2) is 6.10 Å². The molecule has 4 N–H and O–H groups in total. The average Bonchev–Trinajstić information content (AvgIpc) is 2.95. The van der Waals surface area contributed by atoms with Crippen molar-refractivity contribution in [2.75, 3.05) is 19.8 Å². The molecule has 11 nitrogen and oxygen atoms in total. The smallest absolute Gasteiger partial charge is 0.472 e. The summed E-state index contributed by atoms with van der Waals surface area (Å²) in [5, 5.41) is 8.74. The molecule has 248 valence electrons. The first-order chi connectivity index (χ1) is 20.1. The first-order valence-electron chi connectivity index (χ1n) is 16.1.